The molecule has 1 fully saturated rings. The van der Waals surface area contributed by atoms with Gasteiger partial charge in [-0.3, -0.25) is 9.59 Å². The van der Waals surface area contributed by atoms with Gasteiger partial charge in [-0.1, -0.05) is 17.7 Å². The molecule has 4 rings (SSSR count). The number of carbonyl (C=O) groups excluding carboxylic acids is 1. The van der Waals surface area contributed by atoms with Crippen LogP contribution in [0.3, 0.4) is 0 Å². The first-order chi connectivity index (χ1) is 14.5. The average molecular weight is 427 g/mol. The SMILES string of the molecule is O=C(Nc1cccc(Cl)c1)[C@H]1CCCN(c2ccc(=O)n(-c3ccc(F)cc3)n2)C1. The summed E-state index contributed by atoms with van der Waals surface area (Å²) in [6.45, 7) is 1.22. The third kappa shape index (κ3) is 4.52. The molecule has 0 radical (unpaired) electrons. The van der Waals surface area contributed by atoms with Gasteiger partial charge in [0.15, 0.2) is 0 Å². The van der Waals surface area contributed by atoms with Crippen LogP contribution in [0.2, 0.25) is 5.02 Å². The minimum absolute atomic E-state index is 0.0752. The van der Waals surface area contributed by atoms with Crippen LogP contribution in [0.15, 0.2) is 65.5 Å². The van der Waals surface area contributed by atoms with E-state index in [0.717, 1.165) is 19.4 Å². The minimum atomic E-state index is -0.382. The summed E-state index contributed by atoms with van der Waals surface area (Å²) in [6, 6.07) is 15.7. The number of rotatable bonds is 4. The number of amides is 1. The summed E-state index contributed by atoms with van der Waals surface area (Å²) < 4.78 is 14.4. The topological polar surface area (TPSA) is 67.2 Å². The summed E-state index contributed by atoms with van der Waals surface area (Å²) in [6.07, 6.45) is 1.59. The van der Waals surface area contributed by atoms with E-state index in [1.54, 1.807) is 30.3 Å². The number of hydrogen-bond donors (Lipinski definition) is 1. The molecule has 1 amide bonds. The van der Waals surface area contributed by atoms with Crippen LogP contribution in [0.1, 0.15) is 12.8 Å². The first kappa shape index (κ1) is 20.1. The predicted molar refractivity (Wildman–Crippen MR) is 115 cm³/mol. The van der Waals surface area contributed by atoms with Crippen LogP contribution in [0, 0.1) is 11.7 Å². The molecule has 1 saturated heterocycles. The van der Waals surface area contributed by atoms with Crippen molar-refractivity contribution in [3.8, 4) is 5.69 Å². The van der Waals surface area contributed by atoms with Crippen molar-refractivity contribution in [1.82, 2.24) is 9.78 Å². The normalized spacial score (nSPS) is 16.3. The van der Waals surface area contributed by atoms with E-state index in [4.69, 9.17) is 11.6 Å². The van der Waals surface area contributed by atoms with Crippen LogP contribution in [0.25, 0.3) is 5.69 Å². The third-order valence-corrected chi connectivity index (χ3v) is 5.30. The molecule has 2 aromatic carbocycles. The monoisotopic (exact) mass is 426 g/mol. The van der Waals surface area contributed by atoms with Gasteiger partial charge in [0.25, 0.3) is 5.56 Å². The van der Waals surface area contributed by atoms with Crippen molar-refractivity contribution in [2.24, 2.45) is 5.92 Å². The van der Waals surface area contributed by atoms with Gasteiger partial charge < -0.3 is 10.2 Å². The third-order valence-electron chi connectivity index (χ3n) is 5.07. The molecule has 0 saturated carbocycles. The van der Waals surface area contributed by atoms with Gasteiger partial charge in [-0.15, -0.1) is 5.10 Å². The second-order valence-electron chi connectivity index (χ2n) is 7.20. The number of anilines is 2. The van der Waals surface area contributed by atoms with Crippen molar-refractivity contribution >= 4 is 29.0 Å². The molecular formula is C22H20ClFN4O2. The maximum Gasteiger partial charge on any atom is 0.271 e. The molecule has 3 aromatic rings. The zero-order valence-corrected chi connectivity index (χ0v) is 16.8. The van der Waals surface area contributed by atoms with E-state index in [-0.39, 0.29) is 23.2 Å². The fourth-order valence-corrected chi connectivity index (χ4v) is 3.74. The quantitative estimate of drug-likeness (QED) is 0.687. The van der Waals surface area contributed by atoms with Gasteiger partial charge in [-0.05, 0) is 61.4 Å². The number of benzene rings is 2. The molecule has 1 atom stereocenters. The Morgan fingerprint density at radius 2 is 1.93 bits per heavy atom. The molecule has 1 aromatic heterocycles. The van der Waals surface area contributed by atoms with Gasteiger partial charge in [0, 0.05) is 29.9 Å². The highest BCUT2D eigenvalue weighted by Gasteiger charge is 2.27. The zero-order chi connectivity index (χ0) is 21.1. The number of nitrogens with zero attached hydrogens (tertiary/aromatic N) is 3. The van der Waals surface area contributed by atoms with Crippen LogP contribution in [-0.2, 0) is 4.79 Å². The number of aromatic nitrogens is 2. The van der Waals surface area contributed by atoms with Crippen molar-refractivity contribution in [3.05, 3.63) is 81.9 Å². The van der Waals surface area contributed by atoms with E-state index in [2.05, 4.69) is 10.4 Å². The molecule has 0 spiro atoms. The van der Waals surface area contributed by atoms with Crippen LogP contribution in [-0.4, -0.2) is 28.8 Å². The van der Waals surface area contributed by atoms with Gasteiger partial charge >= 0.3 is 0 Å². The highest BCUT2D eigenvalue weighted by atomic mass is 35.5. The first-order valence-corrected chi connectivity index (χ1v) is 10.0. The number of hydrogen-bond acceptors (Lipinski definition) is 4. The lowest BCUT2D eigenvalue weighted by molar-refractivity contribution is -0.120. The van der Waals surface area contributed by atoms with Gasteiger partial charge in [0.2, 0.25) is 5.91 Å². The minimum Gasteiger partial charge on any atom is -0.354 e. The molecule has 154 valence electrons. The Hall–Kier alpha value is -3.19. The summed E-state index contributed by atoms with van der Waals surface area (Å²) in [4.78, 5) is 27.0. The molecule has 2 heterocycles. The Morgan fingerprint density at radius 3 is 2.70 bits per heavy atom. The van der Waals surface area contributed by atoms with E-state index in [9.17, 15) is 14.0 Å². The summed E-state index contributed by atoms with van der Waals surface area (Å²) in [7, 11) is 0. The number of carbonyl (C=O) groups is 1. The standard InChI is InChI=1S/C22H20ClFN4O2/c23-16-4-1-5-18(13-16)25-22(30)15-3-2-12-27(14-15)20-10-11-21(29)28(26-20)19-8-6-17(24)7-9-19/h1,4-11,13,15H,2-3,12,14H2,(H,25,30)/t15-/m0/s1. The fraction of sp³-hybridized carbons (Fsp3) is 0.227. The van der Waals surface area contributed by atoms with Gasteiger partial charge in [0.05, 0.1) is 11.6 Å². The number of nitrogens with one attached hydrogen (secondary N) is 1. The summed E-state index contributed by atoms with van der Waals surface area (Å²) >= 11 is 5.99. The highest BCUT2D eigenvalue weighted by Crippen LogP contribution is 2.23. The number of piperidine rings is 1. The molecule has 0 bridgehead atoms. The van der Waals surface area contributed by atoms with Crippen molar-refractivity contribution in [1.29, 1.82) is 0 Å². The highest BCUT2D eigenvalue weighted by molar-refractivity contribution is 6.30. The van der Waals surface area contributed by atoms with Crippen LogP contribution in [0.5, 0.6) is 0 Å². The maximum absolute atomic E-state index is 13.2. The lowest BCUT2D eigenvalue weighted by Crippen LogP contribution is -2.41. The molecule has 1 N–H and O–H groups in total. The van der Waals surface area contributed by atoms with Gasteiger partial charge in [-0.25, -0.2) is 4.39 Å². The molecule has 6 nitrogen and oxygen atoms in total. The fourth-order valence-electron chi connectivity index (χ4n) is 3.55. The summed E-state index contributed by atoms with van der Waals surface area (Å²) in [5.74, 6) is -0.0775. The van der Waals surface area contributed by atoms with Crippen molar-refractivity contribution in [2.75, 3.05) is 23.3 Å². The van der Waals surface area contributed by atoms with E-state index in [0.29, 0.717) is 28.8 Å². The van der Waals surface area contributed by atoms with Crippen LogP contribution in [0.4, 0.5) is 15.9 Å². The van der Waals surface area contributed by atoms with Crippen molar-refractivity contribution in [3.63, 3.8) is 0 Å². The average Bonchev–Trinajstić information content (AvgIpc) is 2.75. The van der Waals surface area contributed by atoms with Gasteiger partial charge in [0.1, 0.15) is 11.6 Å². The maximum atomic E-state index is 13.2. The Morgan fingerprint density at radius 1 is 1.13 bits per heavy atom. The van der Waals surface area contributed by atoms with E-state index < -0.39 is 0 Å². The molecule has 0 aliphatic carbocycles. The Labute approximate surface area is 177 Å². The van der Waals surface area contributed by atoms with Crippen LogP contribution < -0.4 is 15.8 Å². The first-order valence-electron chi connectivity index (χ1n) is 9.67. The molecule has 0 unspecified atom stereocenters. The zero-order valence-electron chi connectivity index (χ0n) is 16.1. The smallest absolute Gasteiger partial charge is 0.271 e. The summed E-state index contributed by atoms with van der Waals surface area (Å²) in [5, 5.41) is 7.92. The number of halogens is 2. The van der Waals surface area contributed by atoms with Gasteiger partial charge in [-0.2, -0.15) is 4.68 Å². The second kappa shape index (κ2) is 8.67. The van der Waals surface area contributed by atoms with E-state index >= 15 is 0 Å². The molecule has 30 heavy (non-hydrogen) atoms. The van der Waals surface area contributed by atoms with E-state index in [1.807, 2.05) is 4.90 Å². The predicted octanol–water partition coefficient (Wildman–Crippen LogP) is 3.88. The Balaban J connectivity index is 1.52. The molecule has 1 aliphatic rings. The van der Waals surface area contributed by atoms with Crippen LogP contribution >= 0.6 is 11.6 Å². The largest absolute Gasteiger partial charge is 0.354 e. The van der Waals surface area contributed by atoms with Crippen molar-refractivity contribution in [2.45, 2.75) is 12.8 Å². The Bertz CT molecular complexity index is 1120. The Kier molecular flexibility index (Phi) is 5.81. The lowest BCUT2D eigenvalue weighted by atomic mass is 9.97. The van der Waals surface area contributed by atoms with Crippen molar-refractivity contribution < 1.29 is 9.18 Å². The second-order valence-corrected chi connectivity index (χ2v) is 7.64. The summed E-state index contributed by atoms with van der Waals surface area (Å²) in [5.41, 5.74) is 0.834. The molecule has 1 aliphatic heterocycles. The molecular weight excluding hydrogens is 407 g/mol. The molecule has 8 heteroatoms. The lowest BCUT2D eigenvalue weighted by Gasteiger charge is -2.32. The van der Waals surface area contributed by atoms with E-state index in [1.165, 1.54) is 35.0 Å².